The van der Waals surface area contributed by atoms with Gasteiger partial charge in [-0.1, -0.05) is 53.5 Å². The van der Waals surface area contributed by atoms with E-state index in [4.69, 9.17) is 27.9 Å². The zero-order valence-corrected chi connectivity index (χ0v) is 17.8. The highest BCUT2D eigenvalue weighted by atomic mass is 35.5. The third-order valence-electron chi connectivity index (χ3n) is 4.64. The smallest absolute Gasteiger partial charge is 0.159 e. The van der Waals surface area contributed by atoms with Crippen molar-refractivity contribution >= 4 is 34.6 Å². The lowest BCUT2D eigenvalue weighted by atomic mass is 10.0. The molecule has 0 fully saturated rings. The van der Waals surface area contributed by atoms with Crippen molar-refractivity contribution in [2.45, 2.75) is 6.42 Å². The van der Waals surface area contributed by atoms with Crippen molar-refractivity contribution in [1.82, 2.24) is 9.97 Å². The number of anilines is 2. The second kappa shape index (κ2) is 9.16. The molecule has 6 heteroatoms. The molecule has 0 aliphatic rings. The molecule has 1 N–H and O–H groups in total. The van der Waals surface area contributed by atoms with E-state index in [1.54, 1.807) is 31.6 Å². The lowest BCUT2D eigenvalue weighted by molar-refractivity contribution is 0.410. The largest absolute Gasteiger partial charge is 0.496 e. The van der Waals surface area contributed by atoms with Gasteiger partial charge in [0.1, 0.15) is 5.75 Å². The van der Waals surface area contributed by atoms with Crippen LogP contribution < -0.4 is 10.1 Å². The Morgan fingerprint density at radius 2 is 1.60 bits per heavy atom. The van der Waals surface area contributed by atoms with Gasteiger partial charge in [0.15, 0.2) is 5.82 Å². The highest BCUT2D eigenvalue weighted by Crippen LogP contribution is 2.29. The van der Waals surface area contributed by atoms with Crippen molar-refractivity contribution in [2.75, 3.05) is 12.4 Å². The number of benzene rings is 3. The molecule has 0 saturated heterocycles. The summed E-state index contributed by atoms with van der Waals surface area (Å²) in [6.07, 6.45) is 4.26. The molecule has 3 aromatic carbocycles. The molecule has 0 saturated carbocycles. The van der Waals surface area contributed by atoms with E-state index in [9.17, 15) is 0 Å². The maximum Gasteiger partial charge on any atom is 0.159 e. The zero-order valence-electron chi connectivity index (χ0n) is 16.3. The van der Waals surface area contributed by atoms with Crippen LogP contribution in [0.2, 0.25) is 10.0 Å². The van der Waals surface area contributed by atoms with Crippen molar-refractivity contribution in [3.63, 3.8) is 0 Å². The fraction of sp³-hybridized carbons (Fsp3) is 0.0833. The third-order valence-corrected chi connectivity index (χ3v) is 5.38. The highest BCUT2D eigenvalue weighted by molar-refractivity contribution is 6.42. The monoisotopic (exact) mass is 435 g/mol. The molecule has 0 atom stereocenters. The van der Waals surface area contributed by atoms with E-state index in [1.165, 1.54) is 5.56 Å². The van der Waals surface area contributed by atoms with E-state index in [0.29, 0.717) is 15.9 Å². The molecule has 1 aromatic heterocycles. The number of nitrogens with one attached hydrogen (secondary N) is 1. The second-order valence-corrected chi connectivity index (χ2v) is 7.55. The van der Waals surface area contributed by atoms with Crippen molar-refractivity contribution in [1.29, 1.82) is 0 Å². The predicted octanol–water partition coefficient (Wildman–Crippen LogP) is 6.79. The first-order chi connectivity index (χ1) is 14.6. The van der Waals surface area contributed by atoms with Crippen LogP contribution >= 0.6 is 23.2 Å². The molecule has 0 aliphatic heterocycles. The average molecular weight is 436 g/mol. The first-order valence-electron chi connectivity index (χ1n) is 9.38. The van der Waals surface area contributed by atoms with Gasteiger partial charge in [0, 0.05) is 17.7 Å². The molecule has 30 heavy (non-hydrogen) atoms. The Kier molecular flexibility index (Phi) is 6.17. The number of hydrogen-bond acceptors (Lipinski definition) is 4. The fourth-order valence-corrected chi connectivity index (χ4v) is 3.45. The molecule has 1 heterocycles. The first-order valence-corrected chi connectivity index (χ1v) is 10.1. The first kappa shape index (κ1) is 20.2. The summed E-state index contributed by atoms with van der Waals surface area (Å²) in [5.41, 5.74) is 4.81. The quantitative estimate of drug-likeness (QED) is 0.361. The molecular weight excluding hydrogens is 417 g/mol. The molecule has 0 aliphatic carbocycles. The summed E-state index contributed by atoms with van der Waals surface area (Å²) < 4.78 is 5.54. The molecule has 4 aromatic rings. The summed E-state index contributed by atoms with van der Waals surface area (Å²) in [6, 6.07) is 21.6. The number of hydrogen-bond donors (Lipinski definition) is 1. The van der Waals surface area contributed by atoms with E-state index in [2.05, 4.69) is 33.5 Å². The molecule has 0 radical (unpaired) electrons. The fourth-order valence-electron chi connectivity index (χ4n) is 3.15. The van der Waals surface area contributed by atoms with E-state index in [1.807, 2.05) is 36.4 Å². The van der Waals surface area contributed by atoms with Gasteiger partial charge >= 0.3 is 0 Å². The molecule has 150 valence electrons. The minimum atomic E-state index is 0.489. The summed E-state index contributed by atoms with van der Waals surface area (Å²) >= 11 is 12.0. The Morgan fingerprint density at radius 1 is 0.833 bits per heavy atom. The van der Waals surface area contributed by atoms with Crippen LogP contribution in [0.4, 0.5) is 11.4 Å². The maximum absolute atomic E-state index is 6.07. The molecule has 0 amide bonds. The number of methoxy groups -OCH3 is 1. The summed E-state index contributed by atoms with van der Waals surface area (Å²) in [4.78, 5) is 9.03. The van der Waals surface area contributed by atoms with Crippen molar-refractivity contribution in [2.24, 2.45) is 0 Å². The van der Waals surface area contributed by atoms with Gasteiger partial charge in [0.25, 0.3) is 0 Å². The minimum Gasteiger partial charge on any atom is -0.496 e. The average Bonchev–Trinajstić information content (AvgIpc) is 2.77. The SMILES string of the molecule is COc1ccc(-c2ncc(Nc3ccc(Cl)c(Cl)c3)cn2)cc1Cc1ccccc1. The molecule has 4 rings (SSSR count). The number of nitrogens with zero attached hydrogens (tertiary/aromatic N) is 2. The lowest BCUT2D eigenvalue weighted by Crippen LogP contribution is -1.97. The summed E-state index contributed by atoms with van der Waals surface area (Å²) in [6.45, 7) is 0. The van der Waals surface area contributed by atoms with Crippen LogP contribution in [0, 0.1) is 0 Å². The van der Waals surface area contributed by atoms with Crippen LogP contribution in [0.3, 0.4) is 0 Å². The number of rotatable bonds is 6. The Labute approximate surface area is 185 Å². The maximum atomic E-state index is 6.07. The number of aromatic nitrogens is 2. The van der Waals surface area contributed by atoms with E-state index in [-0.39, 0.29) is 0 Å². The summed E-state index contributed by atoms with van der Waals surface area (Å²) in [7, 11) is 1.68. The van der Waals surface area contributed by atoms with Crippen molar-refractivity contribution in [3.05, 3.63) is 100 Å². The second-order valence-electron chi connectivity index (χ2n) is 6.74. The van der Waals surface area contributed by atoms with Gasteiger partial charge in [-0.3, -0.25) is 0 Å². The van der Waals surface area contributed by atoms with Gasteiger partial charge in [0.05, 0.1) is 35.2 Å². The molecule has 0 unspecified atom stereocenters. The van der Waals surface area contributed by atoms with Gasteiger partial charge in [-0.2, -0.15) is 0 Å². The predicted molar refractivity (Wildman–Crippen MR) is 123 cm³/mol. The van der Waals surface area contributed by atoms with Crippen LogP contribution in [0.5, 0.6) is 5.75 Å². The van der Waals surface area contributed by atoms with Crippen molar-refractivity contribution in [3.8, 4) is 17.1 Å². The van der Waals surface area contributed by atoms with Crippen LogP contribution in [0.25, 0.3) is 11.4 Å². The standard InChI is InChI=1S/C24H19Cl2N3O/c1-30-23-10-7-17(12-18(23)11-16-5-3-2-4-6-16)24-27-14-20(15-28-24)29-19-8-9-21(25)22(26)13-19/h2-10,12-15,29H,11H2,1H3. The van der Waals surface area contributed by atoms with Gasteiger partial charge < -0.3 is 10.1 Å². The summed E-state index contributed by atoms with van der Waals surface area (Å²) in [5, 5.41) is 4.23. The minimum absolute atomic E-state index is 0.489. The van der Waals surface area contributed by atoms with Crippen LogP contribution in [0.15, 0.2) is 79.1 Å². The Balaban J connectivity index is 1.56. The lowest BCUT2D eigenvalue weighted by Gasteiger charge is -2.11. The Bertz CT molecular complexity index is 1150. The third kappa shape index (κ3) is 4.73. The van der Waals surface area contributed by atoms with Crippen LogP contribution in [-0.2, 0) is 6.42 Å². The zero-order chi connectivity index (χ0) is 20.9. The van der Waals surface area contributed by atoms with Gasteiger partial charge in [-0.25, -0.2) is 9.97 Å². The van der Waals surface area contributed by atoms with Gasteiger partial charge in [-0.15, -0.1) is 0 Å². The normalized spacial score (nSPS) is 10.6. The Morgan fingerprint density at radius 3 is 2.30 bits per heavy atom. The van der Waals surface area contributed by atoms with Gasteiger partial charge in [0.2, 0.25) is 0 Å². The summed E-state index contributed by atoms with van der Waals surface area (Å²) in [5.74, 6) is 1.49. The van der Waals surface area contributed by atoms with Crippen molar-refractivity contribution < 1.29 is 4.74 Å². The van der Waals surface area contributed by atoms with Crippen LogP contribution in [-0.4, -0.2) is 17.1 Å². The van der Waals surface area contributed by atoms with E-state index < -0.39 is 0 Å². The molecule has 4 nitrogen and oxygen atoms in total. The highest BCUT2D eigenvalue weighted by Gasteiger charge is 2.09. The van der Waals surface area contributed by atoms with E-state index in [0.717, 1.165) is 34.7 Å². The molecule has 0 spiro atoms. The molecular formula is C24H19Cl2N3O. The van der Waals surface area contributed by atoms with Crippen LogP contribution in [0.1, 0.15) is 11.1 Å². The topological polar surface area (TPSA) is 47.0 Å². The van der Waals surface area contributed by atoms with E-state index >= 15 is 0 Å². The molecule has 0 bridgehead atoms. The number of ether oxygens (including phenoxy) is 1. The Hall–Kier alpha value is -3.08. The van der Waals surface area contributed by atoms with Gasteiger partial charge in [-0.05, 0) is 47.5 Å². The number of halogens is 2.